The smallest absolute Gasteiger partial charge is 0.164 e. The van der Waals surface area contributed by atoms with Gasteiger partial charge in [0.05, 0.1) is 6.20 Å². The number of aromatic nitrogens is 1. The summed E-state index contributed by atoms with van der Waals surface area (Å²) in [6.07, 6.45) is 25.5. The molecule has 29 heavy (non-hydrogen) atoms. The Bertz CT molecular complexity index is 543. The van der Waals surface area contributed by atoms with Gasteiger partial charge >= 0.3 is 0 Å². The van der Waals surface area contributed by atoms with E-state index in [2.05, 4.69) is 31.5 Å². The summed E-state index contributed by atoms with van der Waals surface area (Å²) in [5.74, 6) is 0.320. The molecule has 0 aliphatic heterocycles. The molecule has 1 heterocycles. The van der Waals surface area contributed by atoms with Crippen molar-refractivity contribution in [3.8, 4) is 0 Å². The largest absolute Gasteiger partial charge is 0.343 e. The molecule has 0 amide bonds. The highest BCUT2D eigenvalue weighted by molar-refractivity contribution is 5.98. The van der Waals surface area contributed by atoms with Crippen LogP contribution in [0.1, 0.15) is 145 Å². The van der Waals surface area contributed by atoms with Crippen molar-refractivity contribution in [3.05, 3.63) is 23.0 Å². The van der Waals surface area contributed by atoms with Crippen LogP contribution in [-0.4, -0.2) is 10.4 Å². The number of aryl methyl sites for hydroxylation is 2. The molecule has 1 radical (unpaired) electrons. The van der Waals surface area contributed by atoms with Crippen molar-refractivity contribution in [1.29, 1.82) is 0 Å². The maximum absolute atomic E-state index is 12.6. The van der Waals surface area contributed by atoms with Crippen LogP contribution in [0.3, 0.4) is 0 Å². The van der Waals surface area contributed by atoms with Crippen LogP contribution in [0.5, 0.6) is 0 Å². The molecule has 1 aromatic heterocycles. The van der Waals surface area contributed by atoms with Crippen molar-refractivity contribution in [1.82, 2.24) is 4.57 Å². The molecule has 0 fully saturated rings. The highest BCUT2D eigenvalue weighted by Crippen LogP contribution is 2.20. The lowest BCUT2D eigenvalue weighted by atomic mass is 10.0. The monoisotopic (exact) mass is 402 g/mol. The number of carbonyl (C=O) groups excluding carboxylic acids is 1. The van der Waals surface area contributed by atoms with Crippen LogP contribution in [0.2, 0.25) is 0 Å². The summed E-state index contributed by atoms with van der Waals surface area (Å²) in [5.41, 5.74) is 3.07. The minimum atomic E-state index is 0.320. The van der Waals surface area contributed by atoms with E-state index in [1.807, 2.05) is 6.92 Å². The summed E-state index contributed by atoms with van der Waals surface area (Å²) in [4.78, 5) is 12.6. The van der Waals surface area contributed by atoms with Crippen LogP contribution in [0.25, 0.3) is 0 Å². The van der Waals surface area contributed by atoms with E-state index in [0.29, 0.717) is 12.2 Å². The van der Waals surface area contributed by atoms with Gasteiger partial charge in [0.15, 0.2) is 5.78 Å². The van der Waals surface area contributed by atoms with Gasteiger partial charge in [-0.1, -0.05) is 104 Å². The minimum absolute atomic E-state index is 0.320. The van der Waals surface area contributed by atoms with Gasteiger partial charge in [-0.15, -0.1) is 0 Å². The Morgan fingerprint density at radius 3 is 1.59 bits per heavy atom. The zero-order valence-electron chi connectivity index (χ0n) is 20.1. The molecule has 0 aliphatic rings. The van der Waals surface area contributed by atoms with Gasteiger partial charge in [-0.2, -0.15) is 0 Å². The first-order chi connectivity index (χ1) is 14.1. The van der Waals surface area contributed by atoms with E-state index < -0.39 is 0 Å². The van der Waals surface area contributed by atoms with E-state index in [0.717, 1.165) is 36.2 Å². The third-order valence-corrected chi connectivity index (χ3v) is 6.18. The molecule has 0 N–H and O–H groups in total. The van der Waals surface area contributed by atoms with E-state index in [9.17, 15) is 4.79 Å². The van der Waals surface area contributed by atoms with Crippen molar-refractivity contribution in [3.63, 3.8) is 0 Å². The molecule has 0 atom stereocenters. The molecular formula is C27H48NO. The van der Waals surface area contributed by atoms with Crippen LogP contribution in [0.15, 0.2) is 0 Å². The summed E-state index contributed by atoms with van der Waals surface area (Å²) in [7, 11) is 0. The van der Waals surface area contributed by atoms with Crippen LogP contribution in [0.4, 0.5) is 0 Å². The van der Waals surface area contributed by atoms with Crippen LogP contribution >= 0.6 is 0 Å². The quantitative estimate of drug-likeness (QED) is 0.167. The third kappa shape index (κ3) is 11.1. The van der Waals surface area contributed by atoms with Gasteiger partial charge in [-0.25, -0.2) is 0 Å². The fourth-order valence-corrected chi connectivity index (χ4v) is 4.39. The Morgan fingerprint density at radius 2 is 1.14 bits per heavy atom. The van der Waals surface area contributed by atoms with Gasteiger partial charge in [-0.05, 0) is 32.3 Å². The highest BCUT2D eigenvalue weighted by atomic mass is 16.1. The minimum Gasteiger partial charge on any atom is -0.343 e. The Balaban J connectivity index is 1.98. The number of carbonyl (C=O) groups is 1. The summed E-state index contributed by atoms with van der Waals surface area (Å²) < 4.78 is 2.12. The van der Waals surface area contributed by atoms with Gasteiger partial charge in [0.2, 0.25) is 0 Å². The second-order valence-electron chi connectivity index (χ2n) is 8.97. The molecule has 2 heteroatoms. The number of nitrogens with zero attached hydrogens (tertiary/aromatic N) is 1. The summed E-state index contributed by atoms with van der Waals surface area (Å²) in [6, 6.07) is 0. The predicted molar refractivity (Wildman–Crippen MR) is 127 cm³/mol. The first-order valence-electron chi connectivity index (χ1n) is 12.7. The number of Topliss-reactive ketones (excluding diaryl/α,β-unsaturated/α-hetero) is 1. The van der Waals surface area contributed by atoms with Gasteiger partial charge in [0.25, 0.3) is 0 Å². The van der Waals surface area contributed by atoms with Crippen molar-refractivity contribution >= 4 is 5.78 Å². The molecular weight excluding hydrogens is 354 g/mol. The molecule has 0 unspecified atom stereocenters. The molecule has 167 valence electrons. The molecule has 2 nitrogen and oxygen atoms in total. The van der Waals surface area contributed by atoms with E-state index >= 15 is 0 Å². The average molecular weight is 403 g/mol. The Kier molecular flexibility index (Phi) is 15.0. The highest BCUT2D eigenvalue weighted by Gasteiger charge is 2.16. The standard InChI is InChI=1S/C27H48NO/c1-5-7-8-9-10-11-12-13-14-15-16-17-18-19-20-21-26(29)27-24(3)23-28(22-6-2)25(27)4/h5-22H2,1-4H3. The second kappa shape index (κ2) is 16.7. The fourth-order valence-electron chi connectivity index (χ4n) is 4.39. The normalized spacial score (nSPS) is 11.3. The molecule has 0 saturated heterocycles. The van der Waals surface area contributed by atoms with Gasteiger partial charge in [-0.3, -0.25) is 4.79 Å². The third-order valence-electron chi connectivity index (χ3n) is 6.18. The first-order valence-corrected chi connectivity index (χ1v) is 12.7. The van der Waals surface area contributed by atoms with Crippen molar-refractivity contribution in [2.45, 2.75) is 143 Å². The first kappa shape index (κ1) is 26.0. The summed E-state index contributed by atoms with van der Waals surface area (Å²) in [5, 5.41) is 0. The number of unbranched alkanes of at least 4 members (excludes halogenated alkanes) is 14. The Labute approximate surface area is 181 Å². The van der Waals surface area contributed by atoms with E-state index in [1.165, 1.54) is 89.9 Å². The van der Waals surface area contributed by atoms with Crippen LogP contribution in [0, 0.1) is 20.0 Å². The van der Waals surface area contributed by atoms with Gasteiger partial charge in [0.1, 0.15) is 0 Å². The summed E-state index contributed by atoms with van der Waals surface area (Å²) >= 11 is 0. The number of rotatable bonds is 19. The zero-order valence-corrected chi connectivity index (χ0v) is 20.1. The molecule has 0 spiro atoms. The predicted octanol–water partition coefficient (Wildman–Crippen LogP) is 8.76. The maximum Gasteiger partial charge on any atom is 0.164 e. The molecule has 0 bridgehead atoms. The van der Waals surface area contributed by atoms with Crippen molar-refractivity contribution in [2.75, 3.05) is 0 Å². The lowest BCUT2D eigenvalue weighted by Crippen LogP contribution is -2.04. The van der Waals surface area contributed by atoms with Crippen molar-refractivity contribution < 1.29 is 4.79 Å². The topological polar surface area (TPSA) is 22.0 Å². The van der Waals surface area contributed by atoms with E-state index in [4.69, 9.17) is 0 Å². The lowest BCUT2D eigenvalue weighted by molar-refractivity contribution is 0.0978. The number of hydrogen-bond acceptors (Lipinski definition) is 1. The Morgan fingerprint density at radius 1 is 0.690 bits per heavy atom. The maximum atomic E-state index is 12.6. The van der Waals surface area contributed by atoms with E-state index in [1.54, 1.807) is 0 Å². The fraction of sp³-hybridized carbons (Fsp3) is 0.815. The SMILES string of the molecule is CCCCCCCCCCCCCCCCCC(=O)c1c(C)[c]n(CCC)c1C. The molecule has 0 aromatic carbocycles. The molecule has 0 aliphatic carbocycles. The second-order valence-corrected chi connectivity index (χ2v) is 8.97. The van der Waals surface area contributed by atoms with Crippen molar-refractivity contribution in [2.24, 2.45) is 0 Å². The lowest BCUT2D eigenvalue weighted by Gasteiger charge is -2.06. The van der Waals surface area contributed by atoms with Gasteiger partial charge in [0, 0.05) is 24.2 Å². The van der Waals surface area contributed by atoms with E-state index in [-0.39, 0.29) is 0 Å². The van der Waals surface area contributed by atoms with Crippen LogP contribution in [-0.2, 0) is 6.54 Å². The number of ketones is 1. The summed E-state index contributed by atoms with van der Waals surface area (Å²) in [6.45, 7) is 9.50. The average Bonchev–Trinajstić information content (AvgIpc) is 2.98. The number of hydrogen-bond donors (Lipinski definition) is 0. The molecule has 1 aromatic rings. The zero-order chi connectivity index (χ0) is 21.3. The Hall–Kier alpha value is -1.05. The molecule has 1 rings (SSSR count). The molecule has 0 saturated carbocycles. The van der Waals surface area contributed by atoms with Gasteiger partial charge < -0.3 is 4.57 Å². The van der Waals surface area contributed by atoms with Crippen LogP contribution < -0.4 is 0 Å².